The Hall–Kier alpha value is 0.260. The Bertz CT molecular complexity index is 382. The second kappa shape index (κ2) is 5.49. The van der Waals surface area contributed by atoms with E-state index in [1.807, 2.05) is 17.8 Å². The molecule has 5 heteroatoms. The average molecular weight is 291 g/mol. The smallest absolute Gasteiger partial charge is 0.0931 e. The molecule has 1 aromatic rings. The second-order valence-electron chi connectivity index (χ2n) is 4.82. The van der Waals surface area contributed by atoms with Crippen LogP contribution in [0, 0.1) is 0 Å². The van der Waals surface area contributed by atoms with Crippen LogP contribution in [0.4, 0.5) is 0 Å². The highest BCUT2D eigenvalue weighted by atomic mass is 35.5. The van der Waals surface area contributed by atoms with Crippen molar-refractivity contribution in [2.45, 2.75) is 30.7 Å². The fourth-order valence-corrected chi connectivity index (χ4v) is 4.97. The van der Waals surface area contributed by atoms with Crippen molar-refractivity contribution in [1.82, 2.24) is 4.90 Å². The normalized spacial score (nSPS) is 29.1. The molecule has 0 saturated carbocycles. The summed E-state index contributed by atoms with van der Waals surface area (Å²) in [7, 11) is 2.18. The van der Waals surface area contributed by atoms with Crippen LogP contribution in [0.25, 0.3) is 0 Å². The number of halogens is 1. The second-order valence-corrected chi connectivity index (χ2v) is 8.04. The van der Waals surface area contributed by atoms with Gasteiger partial charge in [-0.3, -0.25) is 4.90 Å². The van der Waals surface area contributed by atoms with E-state index in [1.54, 1.807) is 11.3 Å². The third kappa shape index (κ3) is 2.99. The zero-order valence-corrected chi connectivity index (χ0v) is 12.7. The van der Waals surface area contributed by atoms with Crippen LogP contribution in [0.15, 0.2) is 12.1 Å². The van der Waals surface area contributed by atoms with Crippen LogP contribution in [0.1, 0.15) is 18.2 Å². The SMILES string of the molecule is CC1CC(CN)(N(C)Cc2ccc(Cl)s2)CS1. The van der Waals surface area contributed by atoms with E-state index >= 15 is 0 Å². The van der Waals surface area contributed by atoms with Gasteiger partial charge in [0.05, 0.1) is 4.34 Å². The predicted molar refractivity (Wildman–Crippen MR) is 79.1 cm³/mol. The van der Waals surface area contributed by atoms with Crippen LogP contribution < -0.4 is 5.73 Å². The van der Waals surface area contributed by atoms with Gasteiger partial charge in [0.1, 0.15) is 0 Å². The summed E-state index contributed by atoms with van der Waals surface area (Å²) in [5.74, 6) is 1.14. The molecule has 0 aromatic carbocycles. The number of likely N-dealkylation sites (N-methyl/N-ethyl adjacent to an activating group) is 1. The average Bonchev–Trinajstić information content (AvgIpc) is 2.86. The number of nitrogens with two attached hydrogens (primary N) is 1. The Morgan fingerprint density at radius 2 is 2.35 bits per heavy atom. The predicted octanol–water partition coefficient (Wildman–Crippen LogP) is 3.06. The quantitative estimate of drug-likeness (QED) is 0.924. The first kappa shape index (κ1) is 13.7. The minimum absolute atomic E-state index is 0.167. The van der Waals surface area contributed by atoms with E-state index in [1.165, 1.54) is 11.3 Å². The van der Waals surface area contributed by atoms with Crippen molar-refractivity contribution in [3.05, 3.63) is 21.3 Å². The minimum Gasteiger partial charge on any atom is -0.329 e. The highest BCUT2D eigenvalue weighted by Crippen LogP contribution is 2.38. The van der Waals surface area contributed by atoms with Crippen molar-refractivity contribution in [2.24, 2.45) is 5.73 Å². The van der Waals surface area contributed by atoms with Gasteiger partial charge in [0.25, 0.3) is 0 Å². The maximum Gasteiger partial charge on any atom is 0.0931 e. The zero-order valence-electron chi connectivity index (χ0n) is 10.3. The van der Waals surface area contributed by atoms with Gasteiger partial charge in [-0.25, -0.2) is 0 Å². The molecule has 17 heavy (non-hydrogen) atoms. The summed E-state index contributed by atoms with van der Waals surface area (Å²) in [6.45, 7) is 3.97. The maximum absolute atomic E-state index is 6.01. The van der Waals surface area contributed by atoms with Gasteiger partial charge < -0.3 is 5.73 Å². The molecule has 2 rings (SSSR count). The molecular formula is C12H19ClN2S2. The lowest BCUT2D eigenvalue weighted by Crippen LogP contribution is -2.52. The molecule has 2 N–H and O–H groups in total. The van der Waals surface area contributed by atoms with E-state index in [0.717, 1.165) is 23.2 Å². The van der Waals surface area contributed by atoms with E-state index in [0.29, 0.717) is 5.25 Å². The molecule has 0 amide bonds. The van der Waals surface area contributed by atoms with E-state index in [2.05, 4.69) is 24.9 Å². The van der Waals surface area contributed by atoms with Gasteiger partial charge in [-0.2, -0.15) is 11.8 Å². The van der Waals surface area contributed by atoms with Crippen LogP contribution in [0.3, 0.4) is 0 Å². The Labute approximate surface area is 117 Å². The van der Waals surface area contributed by atoms with Gasteiger partial charge in [-0.05, 0) is 25.6 Å². The molecule has 0 radical (unpaired) electrons. The number of hydrogen-bond donors (Lipinski definition) is 1. The highest BCUT2D eigenvalue weighted by molar-refractivity contribution is 8.00. The molecule has 2 atom stereocenters. The van der Waals surface area contributed by atoms with Crippen molar-refractivity contribution in [1.29, 1.82) is 0 Å². The molecule has 1 saturated heterocycles. The standard InChI is InChI=1S/C12H19ClN2S2/c1-9-5-12(7-14,8-16-9)15(2)6-10-3-4-11(13)17-10/h3-4,9H,5-8,14H2,1-2H3. The van der Waals surface area contributed by atoms with Gasteiger partial charge >= 0.3 is 0 Å². The van der Waals surface area contributed by atoms with Crippen molar-refractivity contribution < 1.29 is 0 Å². The van der Waals surface area contributed by atoms with Gasteiger partial charge in [0.15, 0.2) is 0 Å². The molecule has 96 valence electrons. The van der Waals surface area contributed by atoms with E-state index in [4.69, 9.17) is 17.3 Å². The molecule has 0 spiro atoms. The monoisotopic (exact) mass is 290 g/mol. The summed E-state index contributed by atoms with van der Waals surface area (Å²) < 4.78 is 0.865. The summed E-state index contributed by atoms with van der Waals surface area (Å²) in [6, 6.07) is 4.08. The Kier molecular flexibility index (Phi) is 4.42. The van der Waals surface area contributed by atoms with Gasteiger partial charge in [-0.15, -0.1) is 11.3 Å². The summed E-state index contributed by atoms with van der Waals surface area (Å²) in [6.07, 6.45) is 1.18. The summed E-state index contributed by atoms with van der Waals surface area (Å²) in [4.78, 5) is 3.72. The van der Waals surface area contributed by atoms with E-state index in [-0.39, 0.29) is 5.54 Å². The third-order valence-corrected chi connectivity index (χ3v) is 6.17. The molecule has 2 unspecified atom stereocenters. The molecule has 2 nitrogen and oxygen atoms in total. The molecule has 1 fully saturated rings. The topological polar surface area (TPSA) is 29.3 Å². The largest absolute Gasteiger partial charge is 0.329 e. The van der Waals surface area contributed by atoms with Gasteiger partial charge in [-0.1, -0.05) is 18.5 Å². The Morgan fingerprint density at radius 3 is 2.82 bits per heavy atom. The fraction of sp³-hybridized carbons (Fsp3) is 0.667. The number of thioether (sulfide) groups is 1. The number of hydrogen-bond acceptors (Lipinski definition) is 4. The van der Waals surface area contributed by atoms with E-state index < -0.39 is 0 Å². The van der Waals surface area contributed by atoms with Crippen LogP contribution >= 0.6 is 34.7 Å². The van der Waals surface area contributed by atoms with Crippen LogP contribution in [-0.4, -0.2) is 35.0 Å². The van der Waals surface area contributed by atoms with Crippen molar-refractivity contribution in [2.75, 3.05) is 19.3 Å². The fourth-order valence-electron chi connectivity index (χ4n) is 2.35. The lowest BCUT2D eigenvalue weighted by Gasteiger charge is -2.37. The summed E-state index contributed by atoms with van der Waals surface area (Å²) >= 11 is 9.66. The zero-order chi connectivity index (χ0) is 12.5. The lowest BCUT2D eigenvalue weighted by molar-refractivity contribution is 0.140. The highest BCUT2D eigenvalue weighted by Gasteiger charge is 2.40. The lowest BCUT2D eigenvalue weighted by atomic mass is 9.94. The molecular weight excluding hydrogens is 272 g/mol. The molecule has 2 heterocycles. The van der Waals surface area contributed by atoms with Gasteiger partial charge in [0.2, 0.25) is 0 Å². The van der Waals surface area contributed by atoms with Crippen LogP contribution in [-0.2, 0) is 6.54 Å². The Morgan fingerprint density at radius 1 is 1.59 bits per heavy atom. The first-order chi connectivity index (χ1) is 8.05. The first-order valence-electron chi connectivity index (χ1n) is 5.83. The number of nitrogens with zero attached hydrogens (tertiary/aromatic N) is 1. The Balaban J connectivity index is 2.05. The molecule has 1 aromatic heterocycles. The third-order valence-electron chi connectivity index (χ3n) is 3.52. The van der Waals surface area contributed by atoms with Crippen molar-refractivity contribution in [3.8, 4) is 0 Å². The molecule has 1 aliphatic rings. The van der Waals surface area contributed by atoms with Crippen molar-refractivity contribution in [3.63, 3.8) is 0 Å². The molecule has 0 aliphatic carbocycles. The first-order valence-corrected chi connectivity index (χ1v) is 8.07. The number of rotatable bonds is 4. The van der Waals surface area contributed by atoms with E-state index in [9.17, 15) is 0 Å². The van der Waals surface area contributed by atoms with Crippen molar-refractivity contribution >= 4 is 34.7 Å². The summed E-state index contributed by atoms with van der Waals surface area (Å²) in [5.41, 5.74) is 6.18. The van der Waals surface area contributed by atoms with Crippen LogP contribution in [0.2, 0.25) is 4.34 Å². The molecule has 0 bridgehead atoms. The maximum atomic E-state index is 6.01. The van der Waals surface area contributed by atoms with Crippen LogP contribution in [0.5, 0.6) is 0 Å². The molecule has 1 aliphatic heterocycles. The minimum atomic E-state index is 0.167. The number of thiophene rings is 1. The summed E-state index contributed by atoms with van der Waals surface area (Å²) in [5, 5.41) is 0.716. The van der Waals surface area contributed by atoms with Gasteiger partial charge in [0, 0.05) is 34.5 Å².